The van der Waals surface area contributed by atoms with Gasteiger partial charge < -0.3 is 15.7 Å². The lowest BCUT2D eigenvalue weighted by Crippen LogP contribution is -2.39. The third-order valence-corrected chi connectivity index (χ3v) is 4.33. The summed E-state index contributed by atoms with van der Waals surface area (Å²) in [6.45, 7) is 1.24. The molecule has 0 bridgehead atoms. The predicted octanol–water partition coefficient (Wildman–Crippen LogP) is 2.31. The van der Waals surface area contributed by atoms with Gasteiger partial charge in [0, 0.05) is 25.7 Å². The number of guanidine groups is 1. The number of aromatic nitrogens is 2. The van der Waals surface area contributed by atoms with Gasteiger partial charge in [-0.25, -0.2) is 4.68 Å². The Morgan fingerprint density at radius 3 is 2.41 bits per heavy atom. The molecule has 0 amide bonds. The molecule has 140 valence electrons. The van der Waals surface area contributed by atoms with Crippen molar-refractivity contribution in [1.82, 2.24) is 20.4 Å². The molecule has 1 unspecified atom stereocenters. The zero-order valence-corrected chi connectivity index (χ0v) is 15.4. The summed E-state index contributed by atoms with van der Waals surface area (Å²) in [6.07, 6.45) is 1.94. The lowest BCUT2D eigenvalue weighted by Gasteiger charge is -2.17. The Bertz CT molecular complexity index is 845. The van der Waals surface area contributed by atoms with Crippen LogP contribution in [0.1, 0.15) is 17.2 Å². The minimum atomic E-state index is 0.0158. The first kappa shape index (κ1) is 18.7. The van der Waals surface area contributed by atoms with E-state index in [1.54, 1.807) is 7.05 Å². The highest BCUT2D eigenvalue weighted by molar-refractivity contribution is 5.79. The smallest absolute Gasteiger partial charge is 0.191 e. The molecule has 0 saturated heterocycles. The Kier molecular flexibility index (Phi) is 6.60. The first-order chi connectivity index (χ1) is 13.3. The van der Waals surface area contributed by atoms with Crippen LogP contribution in [0, 0.1) is 0 Å². The summed E-state index contributed by atoms with van der Waals surface area (Å²) in [4.78, 5) is 4.25. The monoisotopic (exact) mass is 363 g/mol. The van der Waals surface area contributed by atoms with Crippen LogP contribution in [-0.2, 0) is 6.54 Å². The van der Waals surface area contributed by atoms with Gasteiger partial charge >= 0.3 is 0 Å². The van der Waals surface area contributed by atoms with E-state index in [-0.39, 0.29) is 12.5 Å². The van der Waals surface area contributed by atoms with Gasteiger partial charge in [-0.15, -0.1) is 0 Å². The van der Waals surface area contributed by atoms with Crippen LogP contribution in [0.25, 0.3) is 5.69 Å². The van der Waals surface area contributed by atoms with Crippen molar-refractivity contribution in [2.75, 3.05) is 20.2 Å². The van der Waals surface area contributed by atoms with Gasteiger partial charge in [0.15, 0.2) is 5.96 Å². The van der Waals surface area contributed by atoms with E-state index in [1.807, 2.05) is 77.6 Å². The van der Waals surface area contributed by atoms with Crippen LogP contribution >= 0.6 is 0 Å². The molecule has 1 heterocycles. The molecule has 0 fully saturated rings. The molecular weight excluding hydrogens is 338 g/mol. The number of nitrogens with zero attached hydrogens (tertiary/aromatic N) is 3. The Morgan fingerprint density at radius 2 is 1.74 bits per heavy atom. The van der Waals surface area contributed by atoms with Gasteiger partial charge in [-0.05, 0) is 23.8 Å². The Labute approximate surface area is 159 Å². The second-order valence-electron chi connectivity index (χ2n) is 6.18. The van der Waals surface area contributed by atoms with Crippen molar-refractivity contribution < 1.29 is 5.11 Å². The van der Waals surface area contributed by atoms with Crippen molar-refractivity contribution in [2.24, 2.45) is 4.99 Å². The Morgan fingerprint density at radius 1 is 1.04 bits per heavy atom. The SMILES string of the molecule is CN=C(NCc1ccn(-c2ccccc2)n1)NCC(CO)c1ccccc1. The molecular formula is C21H25N5O. The molecule has 6 nitrogen and oxygen atoms in total. The fourth-order valence-corrected chi connectivity index (χ4v) is 2.81. The third kappa shape index (κ3) is 5.18. The molecule has 3 rings (SSSR count). The fraction of sp³-hybridized carbons (Fsp3) is 0.238. The van der Waals surface area contributed by atoms with Gasteiger partial charge in [0.25, 0.3) is 0 Å². The number of aliphatic hydroxyl groups is 1. The summed E-state index contributed by atoms with van der Waals surface area (Å²) < 4.78 is 1.85. The van der Waals surface area contributed by atoms with E-state index in [4.69, 9.17) is 0 Å². The minimum Gasteiger partial charge on any atom is -0.396 e. The topological polar surface area (TPSA) is 74.5 Å². The lowest BCUT2D eigenvalue weighted by molar-refractivity contribution is 0.265. The highest BCUT2D eigenvalue weighted by Crippen LogP contribution is 2.13. The van der Waals surface area contributed by atoms with Crippen molar-refractivity contribution in [1.29, 1.82) is 0 Å². The molecule has 1 aromatic heterocycles. The van der Waals surface area contributed by atoms with Crippen LogP contribution in [0.2, 0.25) is 0 Å². The van der Waals surface area contributed by atoms with Crippen LogP contribution in [-0.4, -0.2) is 41.0 Å². The number of rotatable bonds is 7. The third-order valence-electron chi connectivity index (χ3n) is 4.33. The Balaban J connectivity index is 1.53. The number of benzene rings is 2. The highest BCUT2D eigenvalue weighted by atomic mass is 16.3. The summed E-state index contributed by atoms with van der Waals surface area (Å²) in [5.41, 5.74) is 3.05. The fourth-order valence-electron chi connectivity index (χ4n) is 2.81. The number of hydrogen-bond acceptors (Lipinski definition) is 3. The van der Waals surface area contributed by atoms with Crippen molar-refractivity contribution in [2.45, 2.75) is 12.5 Å². The number of aliphatic hydroxyl groups excluding tert-OH is 1. The average molecular weight is 363 g/mol. The van der Waals surface area contributed by atoms with E-state index < -0.39 is 0 Å². The quantitative estimate of drug-likeness (QED) is 0.445. The van der Waals surface area contributed by atoms with Crippen molar-refractivity contribution >= 4 is 5.96 Å². The second kappa shape index (κ2) is 9.54. The molecule has 0 aliphatic carbocycles. The summed E-state index contributed by atoms with van der Waals surface area (Å²) >= 11 is 0. The largest absolute Gasteiger partial charge is 0.396 e. The van der Waals surface area contributed by atoms with Crippen LogP contribution < -0.4 is 10.6 Å². The molecule has 2 aromatic carbocycles. The first-order valence-corrected chi connectivity index (χ1v) is 9.00. The van der Waals surface area contributed by atoms with Gasteiger partial charge in [0.1, 0.15) is 0 Å². The van der Waals surface area contributed by atoms with E-state index in [2.05, 4.69) is 20.7 Å². The number of para-hydroxylation sites is 1. The van der Waals surface area contributed by atoms with Crippen LogP contribution in [0.15, 0.2) is 77.9 Å². The van der Waals surface area contributed by atoms with Crippen LogP contribution in [0.5, 0.6) is 0 Å². The first-order valence-electron chi connectivity index (χ1n) is 9.00. The van der Waals surface area contributed by atoms with E-state index in [0.717, 1.165) is 16.9 Å². The molecule has 27 heavy (non-hydrogen) atoms. The van der Waals surface area contributed by atoms with Gasteiger partial charge in [-0.3, -0.25) is 4.99 Å². The molecule has 0 saturated carbocycles. The van der Waals surface area contributed by atoms with Crippen LogP contribution in [0.3, 0.4) is 0 Å². The van der Waals surface area contributed by atoms with Crippen molar-refractivity contribution in [3.05, 3.63) is 84.2 Å². The van der Waals surface area contributed by atoms with E-state index in [9.17, 15) is 5.11 Å². The second-order valence-corrected chi connectivity index (χ2v) is 6.18. The number of nitrogens with one attached hydrogen (secondary N) is 2. The minimum absolute atomic E-state index is 0.0158. The molecule has 0 aliphatic heterocycles. The zero-order valence-electron chi connectivity index (χ0n) is 15.4. The van der Waals surface area contributed by atoms with Gasteiger partial charge in [0.2, 0.25) is 0 Å². The molecule has 0 aliphatic rings. The average Bonchev–Trinajstić information content (AvgIpc) is 3.21. The van der Waals surface area contributed by atoms with Gasteiger partial charge in [0.05, 0.1) is 24.5 Å². The maximum absolute atomic E-state index is 9.67. The molecule has 1 atom stereocenters. The normalized spacial score (nSPS) is 12.6. The lowest BCUT2D eigenvalue weighted by atomic mass is 10.0. The number of aliphatic imine (C=N–C) groups is 1. The molecule has 0 radical (unpaired) electrons. The molecule has 0 spiro atoms. The Hall–Kier alpha value is -3.12. The highest BCUT2D eigenvalue weighted by Gasteiger charge is 2.11. The zero-order chi connectivity index (χ0) is 18.9. The van der Waals surface area contributed by atoms with Gasteiger partial charge in [-0.2, -0.15) is 5.10 Å². The molecule has 3 N–H and O–H groups in total. The summed E-state index contributed by atoms with van der Waals surface area (Å²) in [7, 11) is 1.73. The van der Waals surface area contributed by atoms with E-state index >= 15 is 0 Å². The summed E-state index contributed by atoms with van der Waals surface area (Å²) in [5, 5.41) is 20.8. The predicted molar refractivity (Wildman–Crippen MR) is 108 cm³/mol. The molecule has 6 heteroatoms. The van der Waals surface area contributed by atoms with Gasteiger partial charge in [-0.1, -0.05) is 48.5 Å². The maximum Gasteiger partial charge on any atom is 0.191 e. The number of hydrogen-bond donors (Lipinski definition) is 3. The summed E-state index contributed by atoms with van der Waals surface area (Å²) in [5.74, 6) is 0.695. The summed E-state index contributed by atoms with van der Waals surface area (Å²) in [6, 6.07) is 22.0. The molecule has 3 aromatic rings. The maximum atomic E-state index is 9.67. The van der Waals surface area contributed by atoms with Crippen LogP contribution in [0.4, 0.5) is 0 Å². The van der Waals surface area contributed by atoms with E-state index in [0.29, 0.717) is 19.0 Å². The van der Waals surface area contributed by atoms with E-state index in [1.165, 1.54) is 0 Å². The standard InChI is InChI=1S/C21H25N5O/c1-22-21(23-14-18(16-27)17-8-4-2-5-9-17)24-15-19-12-13-26(25-19)20-10-6-3-7-11-20/h2-13,18,27H,14-16H2,1H3,(H2,22,23,24). The van der Waals surface area contributed by atoms with Crippen molar-refractivity contribution in [3.8, 4) is 5.69 Å². The van der Waals surface area contributed by atoms with Crippen molar-refractivity contribution in [3.63, 3.8) is 0 Å².